The number of urea groups is 1. The number of carbonyl (C=O) groups excluding carboxylic acids is 1. The number of piperazine rings is 1. The van der Waals surface area contributed by atoms with Crippen LogP contribution in [0, 0.1) is 0 Å². The van der Waals surface area contributed by atoms with E-state index in [1.54, 1.807) is 4.90 Å². The molecule has 0 saturated carbocycles. The Morgan fingerprint density at radius 2 is 1.89 bits per heavy atom. The number of nitrogens with one attached hydrogen (secondary N) is 1. The number of rotatable bonds is 5. The second-order valence-corrected chi connectivity index (χ2v) is 4.66. The maximum atomic E-state index is 11.7. The molecule has 2 N–H and O–H groups in total. The summed E-state index contributed by atoms with van der Waals surface area (Å²) in [7, 11) is 0. The van der Waals surface area contributed by atoms with E-state index in [9.17, 15) is 9.59 Å². The number of hydrogen-bond acceptors (Lipinski definition) is 3. The molecule has 2 amide bonds. The number of carbonyl (C=O) groups is 2. The molecule has 1 saturated heterocycles. The summed E-state index contributed by atoms with van der Waals surface area (Å²) in [5, 5.41) is 11.1. The first-order valence-corrected chi connectivity index (χ1v) is 6.53. The molecule has 0 bridgehead atoms. The predicted molar refractivity (Wildman–Crippen MR) is 68.6 cm³/mol. The first kappa shape index (κ1) is 14.8. The summed E-state index contributed by atoms with van der Waals surface area (Å²) >= 11 is 0. The van der Waals surface area contributed by atoms with Crippen molar-refractivity contribution in [3.05, 3.63) is 0 Å². The van der Waals surface area contributed by atoms with Gasteiger partial charge in [-0.1, -0.05) is 6.92 Å². The van der Waals surface area contributed by atoms with Crippen LogP contribution < -0.4 is 5.32 Å². The van der Waals surface area contributed by atoms with Gasteiger partial charge in [0.15, 0.2) is 0 Å². The van der Waals surface area contributed by atoms with Crippen LogP contribution in [0.5, 0.6) is 0 Å². The van der Waals surface area contributed by atoms with Gasteiger partial charge in [0, 0.05) is 38.8 Å². The minimum Gasteiger partial charge on any atom is -0.481 e. The fraction of sp³-hybridized carbons (Fsp3) is 0.833. The largest absolute Gasteiger partial charge is 0.481 e. The smallest absolute Gasteiger partial charge is 0.317 e. The molecule has 1 rings (SSSR count). The van der Waals surface area contributed by atoms with E-state index < -0.39 is 5.97 Å². The number of nitrogens with zero attached hydrogens (tertiary/aromatic N) is 2. The van der Waals surface area contributed by atoms with E-state index in [-0.39, 0.29) is 19.0 Å². The predicted octanol–water partition coefficient (Wildman–Crippen LogP) is 0.587. The highest BCUT2D eigenvalue weighted by Crippen LogP contribution is 2.08. The fourth-order valence-electron chi connectivity index (χ4n) is 2.01. The van der Waals surface area contributed by atoms with Crippen molar-refractivity contribution in [3.63, 3.8) is 0 Å². The zero-order valence-electron chi connectivity index (χ0n) is 11.2. The lowest BCUT2D eigenvalue weighted by atomic mass is 10.2. The number of amides is 2. The first-order chi connectivity index (χ1) is 8.54. The average Bonchev–Trinajstić information content (AvgIpc) is 2.37. The molecule has 1 aliphatic heterocycles. The molecule has 0 aromatic rings. The van der Waals surface area contributed by atoms with Crippen LogP contribution in [0.2, 0.25) is 0 Å². The van der Waals surface area contributed by atoms with Gasteiger partial charge < -0.3 is 15.3 Å². The second kappa shape index (κ2) is 7.20. The summed E-state index contributed by atoms with van der Waals surface area (Å²) in [6.07, 6.45) is 1.09. The molecule has 6 heteroatoms. The van der Waals surface area contributed by atoms with Gasteiger partial charge in [-0.05, 0) is 13.3 Å². The molecule has 6 nitrogen and oxygen atoms in total. The van der Waals surface area contributed by atoms with Crippen LogP contribution in [-0.4, -0.2) is 65.7 Å². The quantitative estimate of drug-likeness (QED) is 0.756. The number of carboxylic acid groups (broad SMARTS) is 1. The third-order valence-electron chi connectivity index (χ3n) is 3.43. The Balaban J connectivity index is 2.25. The monoisotopic (exact) mass is 257 g/mol. The van der Waals surface area contributed by atoms with E-state index >= 15 is 0 Å². The summed E-state index contributed by atoms with van der Waals surface area (Å²) in [4.78, 5) is 26.2. The molecule has 0 aromatic carbocycles. The Kier molecular flexibility index (Phi) is 5.91. The second-order valence-electron chi connectivity index (χ2n) is 4.66. The minimum absolute atomic E-state index is 0.0292. The van der Waals surface area contributed by atoms with Crippen molar-refractivity contribution in [2.24, 2.45) is 0 Å². The Morgan fingerprint density at radius 1 is 1.28 bits per heavy atom. The standard InChI is InChI=1S/C12H23N3O3/c1-3-10(2)14-6-8-15(9-7-14)12(18)13-5-4-11(16)17/h10H,3-9H2,1-2H3,(H,13,18)(H,16,17). The Bertz CT molecular complexity index is 288. The van der Waals surface area contributed by atoms with Crippen LogP contribution in [0.3, 0.4) is 0 Å². The molecule has 1 heterocycles. The summed E-state index contributed by atoms with van der Waals surface area (Å²) < 4.78 is 0. The third kappa shape index (κ3) is 4.52. The maximum Gasteiger partial charge on any atom is 0.317 e. The molecule has 0 aliphatic carbocycles. The van der Waals surface area contributed by atoms with E-state index in [0.717, 1.165) is 19.5 Å². The Morgan fingerprint density at radius 3 is 2.39 bits per heavy atom. The molecular weight excluding hydrogens is 234 g/mol. The van der Waals surface area contributed by atoms with Crippen molar-refractivity contribution >= 4 is 12.0 Å². The van der Waals surface area contributed by atoms with E-state index in [4.69, 9.17) is 5.11 Å². The SMILES string of the molecule is CCC(C)N1CCN(C(=O)NCCC(=O)O)CC1. The lowest BCUT2D eigenvalue weighted by Gasteiger charge is -2.37. The molecule has 0 aromatic heterocycles. The molecule has 1 aliphatic rings. The van der Waals surface area contributed by atoms with Crippen LogP contribution in [0.4, 0.5) is 4.79 Å². The molecule has 0 radical (unpaired) electrons. The van der Waals surface area contributed by atoms with Gasteiger partial charge in [0.2, 0.25) is 0 Å². The van der Waals surface area contributed by atoms with Crippen molar-refractivity contribution in [3.8, 4) is 0 Å². The number of carboxylic acids is 1. The van der Waals surface area contributed by atoms with Crippen LogP contribution in [0.25, 0.3) is 0 Å². The van der Waals surface area contributed by atoms with E-state index in [1.807, 2.05) is 0 Å². The van der Waals surface area contributed by atoms with E-state index in [0.29, 0.717) is 19.1 Å². The molecule has 1 fully saturated rings. The van der Waals surface area contributed by atoms with Gasteiger partial charge in [0.25, 0.3) is 0 Å². The van der Waals surface area contributed by atoms with Crippen molar-refractivity contribution in [1.29, 1.82) is 0 Å². The zero-order valence-corrected chi connectivity index (χ0v) is 11.2. The summed E-state index contributed by atoms with van der Waals surface area (Å²) in [6, 6.07) is 0.405. The van der Waals surface area contributed by atoms with E-state index in [1.165, 1.54) is 0 Å². The highest BCUT2D eigenvalue weighted by Gasteiger charge is 2.22. The van der Waals surface area contributed by atoms with Crippen molar-refractivity contribution in [2.45, 2.75) is 32.7 Å². The molecule has 0 spiro atoms. The van der Waals surface area contributed by atoms with Crippen molar-refractivity contribution in [1.82, 2.24) is 15.1 Å². The first-order valence-electron chi connectivity index (χ1n) is 6.53. The van der Waals surface area contributed by atoms with Gasteiger partial charge in [-0.15, -0.1) is 0 Å². The molecule has 18 heavy (non-hydrogen) atoms. The molecular formula is C12H23N3O3. The van der Waals surface area contributed by atoms with Crippen LogP contribution >= 0.6 is 0 Å². The molecule has 1 atom stereocenters. The van der Waals surface area contributed by atoms with Crippen LogP contribution in [-0.2, 0) is 4.79 Å². The molecule has 1 unspecified atom stereocenters. The lowest BCUT2D eigenvalue weighted by Crippen LogP contribution is -2.53. The third-order valence-corrected chi connectivity index (χ3v) is 3.43. The number of hydrogen-bond donors (Lipinski definition) is 2. The van der Waals surface area contributed by atoms with Crippen molar-refractivity contribution < 1.29 is 14.7 Å². The Hall–Kier alpha value is -1.30. The summed E-state index contributed by atoms with van der Waals surface area (Å²) in [5.41, 5.74) is 0. The van der Waals surface area contributed by atoms with Crippen LogP contribution in [0.15, 0.2) is 0 Å². The van der Waals surface area contributed by atoms with Gasteiger partial charge in [-0.25, -0.2) is 4.79 Å². The maximum absolute atomic E-state index is 11.7. The van der Waals surface area contributed by atoms with Gasteiger partial charge in [0.05, 0.1) is 6.42 Å². The minimum atomic E-state index is -0.892. The van der Waals surface area contributed by atoms with Gasteiger partial charge in [-0.3, -0.25) is 9.69 Å². The van der Waals surface area contributed by atoms with Gasteiger partial charge in [-0.2, -0.15) is 0 Å². The Labute approximate surface area is 108 Å². The average molecular weight is 257 g/mol. The normalized spacial score (nSPS) is 18.4. The van der Waals surface area contributed by atoms with Gasteiger partial charge in [0.1, 0.15) is 0 Å². The highest BCUT2D eigenvalue weighted by molar-refractivity contribution is 5.75. The van der Waals surface area contributed by atoms with E-state index in [2.05, 4.69) is 24.1 Å². The van der Waals surface area contributed by atoms with Gasteiger partial charge >= 0.3 is 12.0 Å². The van der Waals surface area contributed by atoms with Crippen LogP contribution in [0.1, 0.15) is 26.7 Å². The summed E-state index contributed by atoms with van der Waals surface area (Å²) in [5.74, 6) is -0.892. The molecule has 104 valence electrons. The highest BCUT2D eigenvalue weighted by atomic mass is 16.4. The zero-order chi connectivity index (χ0) is 13.5. The van der Waals surface area contributed by atoms with Crippen molar-refractivity contribution in [2.75, 3.05) is 32.7 Å². The fourth-order valence-corrected chi connectivity index (χ4v) is 2.01. The lowest BCUT2D eigenvalue weighted by molar-refractivity contribution is -0.136. The topological polar surface area (TPSA) is 72.9 Å². The number of aliphatic carboxylic acids is 1. The summed E-state index contributed by atoms with van der Waals surface area (Å²) in [6.45, 7) is 7.76.